The summed E-state index contributed by atoms with van der Waals surface area (Å²) >= 11 is 1.69. The van der Waals surface area contributed by atoms with Crippen LogP contribution < -0.4 is 9.75 Å². The molecule has 0 bridgehead atoms. The Morgan fingerprint density at radius 2 is 2.09 bits per heavy atom. The Morgan fingerprint density at radius 1 is 1.26 bits per heavy atom. The second-order valence-electron chi connectivity index (χ2n) is 6.05. The quantitative estimate of drug-likeness (QED) is 0.837. The van der Waals surface area contributed by atoms with E-state index < -0.39 is 0 Å². The molecule has 4 nitrogen and oxygen atoms in total. The van der Waals surface area contributed by atoms with Crippen molar-refractivity contribution in [2.24, 2.45) is 0 Å². The SMILES string of the molecule is CN(c1nc2c(s1)CCOc1ccc(F)cc1-2)N1CCCCC1. The third kappa shape index (κ3) is 2.81. The molecule has 0 saturated carbocycles. The maximum absolute atomic E-state index is 13.7. The summed E-state index contributed by atoms with van der Waals surface area (Å²) in [6, 6.07) is 4.67. The zero-order valence-corrected chi connectivity index (χ0v) is 14.0. The summed E-state index contributed by atoms with van der Waals surface area (Å²) in [6.07, 6.45) is 4.59. The summed E-state index contributed by atoms with van der Waals surface area (Å²) in [4.78, 5) is 6.00. The van der Waals surface area contributed by atoms with Crippen LogP contribution in [0.3, 0.4) is 0 Å². The molecule has 0 amide bonds. The lowest BCUT2D eigenvalue weighted by atomic mass is 10.1. The van der Waals surface area contributed by atoms with Crippen LogP contribution in [-0.2, 0) is 6.42 Å². The first-order valence-electron chi connectivity index (χ1n) is 8.13. The van der Waals surface area contributed by atoms with Crippen LogP contribution in [0.25, 0.3) is 11.3 Å². The minimum atomic E-state index is -0.251. The summed E-state index contributed by atoms with van der Waals surface area (Å²) in [5, 5.41) is 5.50. The van der Waals surface area contributed by atoms with Gasteiger partial charge in [-0.05, 0) is 31.0 Å². The number of halogens is 1. The molecule has 2 aliphatic rings. The molecule has 0 N–H and O–H groups in total. The first kappa shape index (κ1) is 14.9. The molecule has 2 aliphatic heterocycles. The van der Waals surface area contributed by atoms with Gasteiger partial charge in [-0.2, -0.15) is 0 Å². The lowest BCUT2D eigenvalue weighted by Gasteiger charge is -2.34. The minimum Gasteiger partial charge on any atom is -0.493 e. The average Bonchev–Trinajstić information content (AvgIpc) is 2.93. The zero-order chi connectivity index (χ0) is 15.8. The van der Waals surface area contributed by atoms with Crippen molar-refractivity contribution >= 4 is 16.5 Å². The molecular formula is C17H20FN3OS. The van der Waals surface area contributed by atoms with Crippen molar-refractivity contribution in [2.75, 3.05) is 31.8 Å². The van der Waals surface area contributed by atoms with Crippen molar-refractivity contribution in [3.63, 3.8) is 0 Å². The fraction of sp³-hybridized carbons (Fsp3) is 0.471. The van der Waals surface area contributed by atoms with Gasteiger partial charge in [0.15, 0.2) is 0 Å². The van der Waals surface area contributed by atoms with E-state index in [0.717, 1.165) is 41.6 Å². The number of thiazole rings is 1. The van der Waals surface area contributed by atoms with Crippen molar-refractivity contribution in [3.05, 3.63) is 28.9 Å². The van der Waals surface area contributed by atoms with Gasteiger partial charge in [0.05, 0.1) is 12.3 Å². The van der Waals surface area contributed by atoms with Gasteiger partial charge in [0.2, 0.25) is 5.13 Å². The minimum absolute atomic E-state index is 0.251. The number of piperidine rings is 1. The molecular weight excluding hydrogens is 313 g/mol. The average molecular weight is 333 g/mol. The molecule has 6 heteroatoms. The maximum atomic E-state index is 13.7. The lowest BCUT2D eigenvalue weighted by Crippen LogP contribution is -2.43. The highest BCUT2D eigenvalue weighted by Gasteiger charge is 2.24. The number of ether oxygens (including phenoxy) is 1. The normalized spacial score (nSPS) is 17.8. The Labute approximate surface area is 139 Å². The molecule has 0 radical (unpaired) electrons. The molecule has 1 aromatic carbocycles. The largest absolute Gasteiger partial charge is 0.493 e. The fourth-order valence-corrected chi connectivity index (χ4v) is 4.27. The molecule has 0 unspecified atom stereocenters. The van der Waals surface area contributed by atoms with E-state index in [4.69, 9.17) is 9.72 Å². The molecule has 0 aliphatic carbocycles. The molecule has 4 rings (SSSR count). The van der Waals surface area contributed by atoms with Gasteiger partial charge in [0.25, 0.3) is 0 Å². The van der Waals surface area contributed by atoms with Gasteiger partial charge in [-0.3, -0.25) is 5.01 Å². The topological polar surface area (TPSA) is 28.6 Å². The van der Waals surface area contributed by atoms with E-state index in [-0.39, 0.29) is 5.82 Å². The van der Waals surface area contributed by atoms with Gasteiger partial charge in [-0.1, -0.05) is 17.8 Å². The van der Waals surface area contributed by atoms with E-state index in [1.807, 2.05) is 0 Å². The number of hydrogen-bond donors (Lipinski definition) is 0. The second-order valence-corrected chi connectivity index (χ2v) is 7.11. The van der Waals surface area contributed by atoms with E-state index in [2.05, 4.69) is 17.1 Å². The number of aromatic nitrogens is 1. The van der Waals surface area contributed by atoms with Gasteiger partial charge in [0, 0.05) is 37.0 Å². The predicted molar refractivity (Wildman–Crippen MR) is 90.5 cm³/mol. The fourth-order valence-electron chi connectivity index (χ4n) is 3.22. The van der Waals surface area contributed by atoms with Crippen LogP contribution >= 0.6 is 11.3 Å². The highest BCUT2D eigenvalue weighted by molar-refractivity contribution is 7.16. The number of hydrazine groups is 1. The summed E-state index contributed by atoms with van der Waals surface area (Å²) < 4.78 is 19.4. The number of anilines is 1. The van der Waals surface area contributed by atoms with Gasteiger partial charge < -0.3 is 4.74 Å². The van der Waals surface area contributed by atoms with E-state index in [1.54, 1.807) is 17.4 Å². The van der Waals surface area contributed by atoms with Gasteiger partial charge >= 0.3 is 0 Å². The van der Waals surface area contributed by atoms with Crippen molar-refractivity contribution in [1.29, 1.82) is 0 Å². The molecule has 1 aromatic heterocycles. The van der Waals surface area contributed by atoms with Crippen LogP contribution in [0, 0.1) is 5.82 Å². The van der Waals surface area contributed by atoms with Crippen molar-refractivity contribution in [1.82, 2.24) is 9.99 Å². The monoisotopic (exact) mass is 333 g/mol. The number of fused-ring (bicyclic) bond motifs is 3. The number of rotatable bonds is 2. The highest BCUT2D eigenvalue weighted by atomic mass is 32.1. The Balaban J connectivity index is 1.70. The van der Waals surface area contributed by atoms with E-state index in [9.17, 15) is 4.39 Å². The predicted octanol–water partition coefficient (Wildman–Crippen LogP) is 3.72. The summed E-state index contributed by atoms with van der Waals surface area (Å²) in [7, 11) is 2.08. The number of benzene rings is 1. The third-order valence-electron chi connectivity index (χ3n) is 4.50. The van der Waals surface area contributed by atoms with E-state index in [1.165, 1.54) is 36.3 Å². The Morgan fingerprint density at radius 3 is 2.91 bits per heavy atom. The standard InChI is InChI=1S/C17H20FN3OS/c1-20(21-8-3-2-4-9-21)17-19-16-13-11-12(18)5-6-14(13)22-10-7-15(16)23-17/h5-6,11H,2-4,7-10H2,1H3. The van der Waals surface area contributed by atoms with Crippen LogP contribution in [-0.4, -0.2) is 36.7 Å². The van der Waals surface area contributed by atoms with Gasteiger partial charge in [0.1, 0.15) is 11.6 Å². The van der Waals surface area contributed by atoms with Crippen LogP contribution in [0.1, 0.15) is 24.1 Å². The highest BCUT2D eigenvalue weighted by Crippen LogP contribution is 2.40. The van der Waals surface area contributed by atoms with Crippen LogP contribution in [0.5, 0.6) is 5.75 Å². The zero-order valence-electron chi connectivity index (χ0n) is 13.2. The van der Waals surface area contributed by atoms with Crippen LogP contribution in [0.15, 0.2) is 18.2 Å². The molecule has 1 fully saturated rings. The third-order valence-corrected chi connectivity index (χ3v) is 5.68. The maximum Gasteiger partial charge on any atom is 0.200 e. The Kier molecular flexibility index (Phi) is 3.95. The second kappa shape index (κ2) is 6.09. The molecule has 0 atom stereocenters. The smallest absolute Gasteiger partial charge is 0.200 e. The summed E-state index contributed by atoms with van der Waals surface area (Å²) in [6.45, 7) is 2.77. The van der Waals surface area contributed by atoms with Crippen LogP contribution in [0.4, 0.5) is 9.52 Å². The lowest BCUT2D eigenvalue weighted by molar-refractivity contribution is 0.220. The first-order chi connectivity index (χ1) is 11.2. The molecule has 0 spiro atoms. The molecule has 1 saturated heterocycles. The number of hydrogen-bond acceptors (Lipinski definition) is 5. The van der Waals surface area contributed by atoms with Gasteiger partial charge in [-0.15, -0.1) is 0 Å². The summed E-state index contributed by atoms with van der Waals surface area (Å²) in [5.41, 5.74) is 1.65. The molecule has 122 valence electrons. The van der Waals surface area contributed by atoms with Crippen molar-refractivity contribution in [2.45, 2.75) is 25.7 Å². The number of nitrogens with zero attached hydrogens (tertiary/aromatic N) is 3. The van der Waals surface area contributed by atoms with Crippen molar-refractivity contribution in [3.8, 4) is 17.0 Å². The van der Waals surface area contributed by atoms with Crippen LogP contribution in [0.2, 0.25) is 0 Å². The van der Waals surface area contributed by atoms with Gasteiger partial charge in [-0.25, -0.2) is 14.4 Å². The molecule has 2 aromatic rings. The Hall–Kier alpha value is -1.66. The first-order valence-corrected chi connectivity index (χ1v) is 8.95. The van der Waals surface area contributed by atoms with E-state index >= 15 is 0 Å². The van der Waals surface area contributed by atoms with E-state index in [0.29, 0.717) is 6.61 Å². The summed E-state index contributed by atoms with van der Waals surface area (Å²) in [5.74, 6) is 0.474. The van der Waals surface area contributed by atoms with Crippen molar-refractivity contribution < 1.29 is 9.13 Å². The Bertz CT molecular complexity index is 712. The molecule has 23 heavy (non-hydrogen) atoms. The molecule has 3 heterocycles.